The number of aromatic nitrogens is 3. The minimum Gasteiger partial charge on any atom is -0.492 e. The summed E-state index contributed by atoms with van der Waals surface area (Å²) in [6, 6.07) is 9.77. The molecule has 2 aromatic rings. The maximum atomic E-state index is 5.63. The highest BCUT2D eigenvalue weighted by atomic mass is 16.5. The summed E-state index contributed by atoms with van der Waals surface area (Å²) in [5.41, 5.74) is 0. The van der Waals surface area contributed by atoms with Crippen molar-refractivity contribution < 1.29 is 4.74 Å². The molecule has 0 amide bonds. The van der Waals surface area contributed by atoms with E-state index in [4.69, 9.17) is 4.74 Å². The Bertz CT molecular complexity index is 596. The summed E-state index contributed by atoms with van der Waals surface area (Å²) in [6.45, 7) is 4.89. The Morgan fingerprint density at radius 2 is 2.00 bits per heavy atom. The summed E-state index contributed by atoms with van der Waals surface area (Å²) in [6.07, 6.45) is 2.63. The van der Waals surface area contributed by atoms with Gasteiger partial charge in [-0.3, -0.25) is 4.99 Å². The van der Waals surface area contributed by atoms with E-state index in [-0.39, 0.29) is 0 Å². The molecule has 0 aliphatic carbocycles. The second-order valence-corrected chi connectivity index (χ2v) is 4.88. The molecule has 1 heterocycles. The van der Waals surface area contributed by atoms with Gasteiger partial charge < -0.3 is 19.9 Å². The van der Waals surface area contributed by atoms with E-state index < -0.39 is 0 Å². The number of rotatable bonds is 8. The highest BCUT2D eigenvalue weighted by Gasteiger charge is 2.02. The van der Waals surface area contributed by atoms with E-state index in [9.17, 15) is 0 Å². The number of hydrogen-bond donors (Lipinski definition) is 2. The van der Waals surface area contributed by atoms with Crippen LogP contribution in [0.2, 0.25) is 0 Å². The average molecular weight is 316 g/mol. The summed E-state index contributed by atoms with van der Waals surface area (Å²) in [7, 11) is 1.75. The number of aliphatic imine (C=N–C) groups is 1. The second kappa shape index (κ2) is 9.45. The van der Waals surface area contributed by atoms with E-state index in [0.29, 0.717) is 13.2 Å². The molecule has 0 radical (unpaired) electrons. The predicted molar refractivity (Wildman–Crippen MR) is 90.7 cm³/mol. The Morgan fingerprint density at radius 3 is 2.74 bits per heavy atom. The molecule has 0 saturated carbocycles. The van der Waals surface area contributed by atoms with E-state index in [1.54, 1.807) is 13.4 Å². The molecule has 23 heavy (non-hydrogen) atoms. The van der Waals surface area contributed by atoms with Crippen molar-refractivity contribution in [3.8, 4) is 5.75 Å². The lowest BCUT2D eigenvalue weighted by atomic mass is 10.3. The highest BCUT2D eigenvalue weighted by molar-refractivity contribution is 5.79. The van der Waals surface area contributed by atoms with Crippen LogP contribution in [0.3, 0.4) is 0 Å². The largest absolute Gasteiger partial charge is 0.492 e. The van der Waals surface area contributed by atoms with Crippen molar-refractivity contribution in [1.82, 2.24) is 25.4 Å². The first-order valence-corrected chi connectivity index (χ1v) is 7.82. The number of aryl methyl sites for hydroxylation is 1. The van der Waals surface area contributed by atoms with Crippen molar-refractivity contribution in [3.05, 3.63) is 42.5 Å². The molecule has 0 bridgehead atoms. The van der Waals surface area contributed by atoms with Crippen LogP contribution in [0.15, 0.2) is 41.7 Å². The molecule has 1 aromatic heterocycles. The quantitative estimate of drug-likeness (QED) is 0.433. The minimum absolute atomic E-state index is 0.580. The fourth-order valence-electron chi connectivity index (χ4n) is 2.11. The Kier molecular flexibility index (Phi) is 6.90. The van der Waals surface area contributed by atoms with Gasteiger partial charge in [0.2, 0.25) is 0 Å². The van der Waals surface area contributed by atoms with Crippen molar-refractivity contribution >= 4 is 5.96 Å². The van der Waals surface area contributed by atoms with Gasteiger partial charge in [0.05, 0.1) is 6.54 Å². The van der Waals surface area contributed by atoms with Crippen LogP contribution >= 0.6 is 0 Å². The first-order valence-electron chi connectivity index (χ1n) is 7.82. The van der Waals surface area contributed by atoms with E-state index in [2.05, 4.69) is 32.7 Å². The fourth-order valence-corrected chi connectivity index (χ4v) is 2.11. The van der Waals surface area contributed by atoms with Crippen molar-refractivity contribution in [2.24, 2.45) is 4.99 Å². The Morgan fingerprint density at radius 1 is 1.22 bits per heavy atom. The monoisotopic (exact) mass is 316 g/mol. The van der Waals surface area contributed by atoms with Gasteiger partial charge in [-0.25, -0.2) is 0 Å². The van der Waals surface area contributed by atoms with Crippen LogP contribution in [0.25, 0.3) is 0 Å². The maximum absolute atomic E-state index is 5.63. The van der Waals surface area contributed by atoms with Crippen LogP contribution < -0.4 is 15.4 Å². The summed E-state index contributed by atoms with van der Waals surface area (Å²) >= 11 is 0. The van der Waals surface area contributed by atoms with Crippen LogP contribution in [-0.2, 0) is 13.0 Å². The molecular formula is C16H24N6O. The smallest absolute Gasteiger partial charge is 0.191 e. The molecule has 2 rings (SSSR count). The molecule has 7 heteroatoms. The molecule has 0 aliphatic heterocycles. The topological polar surface area (TPSA) is 76.4 Å². The number of nitrogens with one attached hydrogen (secondary N) is 2. The lowest BCUT2D eigenvalue weighted by Crippen LogP contribution is -2.40. The molecule has 7 nitrogen and oxygen atoms in total. The highest BCUT2D eigenvalue weighted by Crippen LogP contribution is 2.07. The standard InChI is InChI=1S/C16H24N6O/c1-3-15-21-20-13-22(15)11-9-18-16(17-2)19-10-12-23-14-7-5-4-6-8-14/h4-8,13H,3,9-12H2,1-2H3,(H2,17,18,19). The molecule has 0 unspecified atom stereocenters. The summed E-state index contributed by atoms with van der Waals surface area (Å²) < 4.78 is 7.67. The molecule has 0 saturated heterocycles. The van der Waals surface area contributed by atoms with Gasteiger partial charge in [-0.15, -0.1) is 10.2 Å². The molecule has 0 atom stereocenters. The van der Waals surface area contributed by atoms with Crippen molar-refractivity contribution in [3.63, 3.8) is 0 Å². The molecular weight excluding hydrogens is 292 g/mol. The predicted octanol–water partition coefficient (Wildman–Crippen LogP) is 1.08. The Labute approximate surface area is 136 Å². The third-order valence-electron chi connectivity index (χ3n) is 3.29. The van der Waals surface area contributed by atoms with E-state index in [1.165, 1.54) is 0 Å². The normalized spacial score (nSPS) is 11.3. The van der Waals surface area contributed by atoms with Crippen molar-refractivity contribution in [2.75, 3.05) is 26.7 Å². The average Bonchev–Trinajstić information content (AvgIpc) is 3.05. The van der Waals surface area contributed by atoms with E-state index in [0.717, 1.165) is 37.0 Å². The third-order valence-corrected chi connectivity index (χ3v) is 3.29. The first kappa shape index (κ1) is 16.8. The summed E-state index contributed by atoms with van der Waals surface area (Å²) in [4.78, 5) is 4.19. The number of guanidine groups is 1. The number of nitrogens with zero attached hydrogens (tertiary/aromatic N) is 4. The molecule has 0 aliphatic rings. The van der Waals surface area contributed by atoms with Crippen LogP contribution in [0.1, 0.15) is 12.7 Å². The fraction of sp³-hybridized carbons (Fsp3) is 0.438. The number of ether oxygens (including phenoxy) is 1. The van der Waals surface area contributed by atoms with Crippen LogP contribution in [0, 0.1) is 0 Å². The van der Waals surface area contributed by atoms with Gasteiger partial charge in [0.25, 0.3) is 0 Å². The van der Waals surface area contributed by atoms with Gasteiger partial charge in [-0.2, -0.15) is 0 Å². The van der Waals surface area contributed by atoms with Crippen molar-refractivity contribution in [2.45, 2.75) is 19.9 Å². The molecule has 0 spiro atoms. The zero-order valence-corrected chi connectivity index (χ0v) is 13.7. The van der Waals surface area contributed by atoms with Crippen molar-refractivity contribution in [1.29, 1.82) is 0 Å². The number of para-hydroxylation sites is 1. The molecule has 2 N–H and O–H groups in total. The van der Waals surface area contributed by atoms with E-state index >= 15 is 0 Å². The van der Waals surface area contributed by atoms with Gasteiger partial charge in [0.15, 0.2) is 5.96 Å². The minimum atomic E-state index is 0.580. The maximum Gasteiger partial charge on any atom is 0.191 e. The van der Waals surface area contributed by atoms with Gasteiger partial charge >= 0.3 is 0 Å². The van der Waals surface area contributed by atoms with Crippen LogP contribution in [-0.4, -0.2) is 47.5 Å². The summed E-state index contributed by atoms with van der Waals surface area (Å²) in [5.74, 6) is 2.62. The number of benzene rings is 1. The van der Waals surface area contributed by atoms with Gasteiger partial charge in [-0.1, -0.05) is 25.1 Å². The zero-order chi connectivity index (χ0) is 16.3. The van der Waals surface area contributed by atoms with E-state index in [1.807, 2.05) is 34.9 Å². The molecule has 0 fully saturated rings. The van der Waals surface area contributed by atoms with Crippen LogP contribution in [0.4, 0.5) is 0 Å². The third kappa shape index (κ3) is 5.61. The zero-order valence-electron chi connectivity index (χ0n) is 13.7. The molecule has 124 valence electrons. The van der Waals surface area contributed by atoms with Gasteiger partial charge in [-0.05, 0) is 12.1 Å². The lowest BCUT2D eigenvalue weighted by Gasteiger charge is -2.13. The van der Waals surface area contributed by atoms with Crippen LogP contribution in [0.5, 0.6) is 5.75 Å². The Hall–Kier alpha value is -2.57. The second-order valence-electron chi connectivity index (χ2n) is 4.88. The first-order chi connectivity index (χ1) is 11.3. The molecule has 1 aromatic carbocycles. The Balaban J connectivity index is 1.63. The van der Waals surface area contributed by atoms with Gasteiger partial charge in [0, 0.05) is 26.6 Å². The SMILES string of the molecule is CCc1nncn1CCNC(=NC)NCCOc1ccccc1. The van der Waals surface area contributed by atoms with Gasteiger partial charge in [0.1, 0.15) is 24.5 Å². The number of hydrogen-bond acceptors (Lipinski definition) is 4. The summed E-state index contributed by atoms with van der Waals surface area (Å²) in [5, 5.41) is 14.5. The lowest BCUT2D eigenvalue weighted by molar-refractivity contribution is 0.322.